The smallest absolute Gasteiger partial charge is 0.293 e. The minimum Gasteiger partial charge on any atom is -0.454 e. The fraction of sp³-hybridized carbons (Fsp3) is 0.346. The van der Waals surface area contributed by atoms with Gasteiger partial charge in [-0.3, -0.25) is 9.59 Å². The van der Waals surface area contributed by atoms with E-state index < -0.39 is 11.7 Å². The maximum atomic E-state index is 12.9. The van der Waals surface area contributed by atoms with E-state index >= 15 is 0 Å². The lowest BCUT2D eigenvalue weighted by Gasteiger charge is -2.43. The highest BCUT2D eigenvalue weighted by molar-refractivity contribution is 5.90. The van der Waals surface area contributed by atoms with Gasteiger partial charge in [0, 0.05) is 18.9 Å². The Bertz CT molecular complexity index is 1190. The molecule has 2 N–H and O–H groups in total. The van der Waals surface area contributed by atoms with E-state index in [0.29, 0.717) is 46.6 Å². The van der Waals surface area contributed by atoms with Crippen LogP contribution in [0.1, 0.15) is 29.7 Å². The number of ether oxygens (including phenoxy) is 1. The van der Waals surface area contributed by atoms with Crippen molar-refractivity contribution in [2.24, 2.45) is 0 Å². The number of amides is 1. The van der Waals surface area contributed by atoms with Gasteiger partial charge in [-0.1, -0.05) is 53.7 Å². The normalized spacial score (nSPS) is 23.1. The average Bonchev–Trinajstić information content (AvgIpc) is 3.48. The van der Waals surface area contributed by atoms with Gasteiger partial charge in [0.25, 0.3) is 12.4 Å². The van der Waals surface area contributed by atoms with E-state index in [1.807, 2.05) is 55.6 Å². The van der Waals surface area contributed by atoms with Gasteiger partial charge in [-0.2, -0.15) is 0 Å². The van der Waals surface area contributed by atoms with Crippen LogP contribution in [-0.4, -0.2) is 59.4 Å². The van der Waals surface area contributed by atoms with E-state index in [1.165, 1.54) is 0 Å². The Kier molecular flexibility index (Phi) is 5.50. The minimum absolute atomic E-state index is 0.147. The molecule has 2 heterocycles. The Morgan fingerprint density at radius 3 is 2.50 bits per heavy atom. The Balaban J connectivity index is 1.51. The van der Waals surface area contributed by atoms with Crippen molar-refractivity contribution < 1.29 is 28.4 Å². The first-order valence-corrected chi connectivity index (χ1v) is 11.4. The molecule has 8 heteroatoms. The first kappa shape index (κ1) is 22.3. The third-order valence-corrected chi connectivity index (χ3v) is 7.30. The molecule has 2 aromatic carbocycles. The average molecular weight is 463 g/mol. The molecule has 0 saturated carbocycles. The zero-order chi connectivity index (χ0) is 23.9. The summed E-state index contributed by atoms with van der Waals surface area (Å²) in [5.41, 5.74) is 1.74. The van der Waals surface area contributed by atoms with Crippen molar-refractivity contribution in [3.05, 3.63) is 71.5 Å². The summed E-state index contributed by atoms with van der Waals surface area (Å²) in [6, 6.07) is 16.7. The second kappa shape index (κ2) is 8.38. The van der Waals surface area contributed by atoms with Crippen LogP contribution in [0.25, 0.3) is 11.1 Å². The fourth-order valence-electron chi connectivity index (χ4n) is 5.83. The van der Waals surface area contributed by atoms with Crippen molar-refractivity contribution in [2.45, 2.75) is 37.5 Å². The van der Waals surface area contributed by atoms with Gasteiger partial charge in [-0.15, -0.1) is 0 Å². The van der Waals surface area contributed by atoms with Gasteiger partial charge in [0.1, 0.15) is 11.8 Å². The molecule has 1 aromatic heterocycles. The molecule has 0 spiro atoms. The Morgan fingerprint density at radius 1 is 1.26 bits per heavy atom. The maximum absolute atomic E-state index is 12.9. The molecule has 1 aliphatic carbocycles. The molecule has 5 rings (SSSR count). The number of likely N-dealkylation sites (tertiary alicyclic amines) is 1. The van der Waals surface area contributed by atoms with Crippen LogP contribution in [0, 0.1) is 6.92 Å². The summed E-state index contributed by atoms with van der Waals surface area (Å²) in [6.45, 7) is 3.03. The summed E-state index contributed by atoms with van der Waals surface area (Å²) < 4.78 is 11.1. The number of hydrogen-bond donors (Lipinski definition) is 2. The monoisotopic (exact) mass is 462 g/mol. The number of likely N-dealkylation sites (N-methyl/N-ethyl adjacent to an activating group) is 1. The number of carbonyl (C=O) groups excluding carboxylic acids is 2. The lowest BCUT2D eigenvalue weighted by Crippen LogP contribution is -2.61. The predicted molar refractivity (Wildman–Crippen MR) is 125 cm³/mol. The first-order valence-electron chi connectivity index (χ1n) is 11.4. The summed E-state index contributed by atoms with van der Waals surface area (Å²) >= 11 is 0. The summed E-state index contributed by atoms with van der Waals surface area (Å²) in [5.74, 6) is 0.754. The lowest BCUT2D eigenvalue weighted by molar-refractivity contribution is -0.917. The van der Waals surface area contributed by atoms with Crippen LogP contribution in [0.2, 0.25) is 0 Å². The highest BCUT2D eigenvalue weighted by Gasteiger charge is 2.58. The van der Waals surface area contributed by atoms with E-state index in [2.05, 4.69) is 10.5 Å². The molecule has 2 aliphatic rings. The minimum atomic E-state index is -1.53. The first-order chi connectivity index (χ1) is 16.4. The molecule has 176 valence electrons. The number of aromatic nitrogens is 1. The van der Waals surface area contributed by atoms with Crippen LogP contribution in [0.3, 0.4) is 0 Å². The number of nitrogens with one attached hydrogen (secondary N) is 1. The van der Waals surface area contributed by atoms with Gasteiger partial charge in [-0.05, 0) is 29.2 Å². The Morgan fingerprint density at radius 2 is 1.91 bits per heavy atom. The third-order valence-electron chi connectivity index (χ3n) is 7.30. The molecule has 8 nitrogen and oxygen atoms in total. The molecule has 34 heavy (non-hydrogen) atoms. The molecule has 0 radical (unpaired) electrons. The van der Waals surface area contributed by atoms with Gasteiger partial charge < -0.3 is 24.2 Å². The van der Waals surface area contributed by atoms with Gasteiger partial charge in [-0.25, -0.2) is 0 Å². The molecule has 1 aliphatic heterocycles. The van der Waals surface area contributed by atoms with Crippen LogP contribution >= 0.6 is 0 Å². The third kappa shape index (κ3) is 3.50. The Labute approximate surface area is 197 Å². The fourth-order valence-corrected chi connectivity index (χ4v) is 5.83. The second-order valence-corrected chi connectivity index (χ2v) is 9.45. The number of nitrogens with zero attached hydrogens (tertiary/aromatic N) is 2. The second-order valence-electron chi connectivity index (χ2n) is 9.45. The highest BCUT2D eigenvalue weighted by Crippen LogP contribution is 2.52. The summed E-state index contributed by atoms with van der Waals surface area (Å²) in [7, 11) is 1.97. The van der Waals surface area contributed by atoms with Crippen LogP contribution in [-0.2, 0) is 19.9 Å². The van der Waals surface area contributed by atoms with Gasteiger partial charge in [0.2, 0.25) is 0 Å². The van der Waals surface area contributed by atoms with Gasteiger partial charge in [0.05, 0.1) is 13.6 Å². The molecule has 1 amide bonds. The molecule has 3 aromatic rings. The molecule has 1 fully saturated rings. The van der Waals surface area contributed by atoms with E-state index in [9.17, 15) is 14.7 Å². The van der Waals surface area contributed by atoms with E-state index in [4.69, 9.17) is 9.26 Å². The van der Waals surface area contributed by atoms with Gasteiger partial charge >= 0.3 is 0 Å². The predicted octanol–water partition coefficient (Wildman–Crippen LogP) is 2.99. The number of anilines is 1. The van der Waals surface area contributed by atoms with Crippen molar-refractivity contribution in [1.82, 2.24) is 5.16 Å². The van der Waals surface area contributed by atoms with E-state index in [1.54, 1.807) is 13.0 Å². The van der Waals surface area contributed by atoms with Crippen LogP contribution < -0.4 is 5.32 Å². The number of aliphatic hydroxyl groups is 1. The number of benzene rings is 2. The summed E-state index contributed by atoms with van der Waals surface area (Å²) in [4.78, 5) is 24.7. The quantitative estimate of drug-likeness (QED) is 0.414. The zero-order valence-electron chi connectivity index (χ0n) is 19.2. The molecular formula is C26H28N3O5+. The number of carbonyl (C=O) groups is 2. The molecule has 3 unspecified atom stereocenters. The molecular weight excluding hydrogens is 434 g/mol. The van der Waals surface area contributed by atoms with Crippen molar-refractivity contribution in [1.29, 1.82) is 0 Å². The standard InChI is InChI=1S/C26H27N3O5/c1-17-14-23(28-34-17)27-24(31)15-29(2)13-7-12-22(29)25(33-16-30)26(32)20-10-5-3-8-18(20)19-9-4-6-11-21(19)26/h3-6,8-11,14,16,22,25,32H,7,12-13,15H2,1-2H3/p+1. The SMILES string of the molecule is Cc1cc(NC(=O)C[N+]2(C)CCCC2C(OC=O)C2(O)c3ccccc3-c3ccccc32)no1. The number of hydrogen-bond acceptors (Lipinski definition) is 6. The van der Waals surface area contributed by atoms with Crippen molar-refractivity contribution >= 4 is 18.2 Å². The van der Waals surface area contributed by atoms with Crippen LogP contribution in [0.4, 0.5) is 5.82 Å². The largest absolute Gasteiger partial charge is 0.454 e. The number of quaternary nitrogens is 1. The lowest BCUT2D eigenvalue weighted by atomic mass is 9.81. The number of fused-ring (bicyclic) bond motifs is 3. The van der Waals surface area contributed by atoms with E-state index in [0.717, 1.165) is 17.5 Å². The molecule has 1 saturated heterocycles. The van der Waals surface area contributed by atoms with E-state index in [-0.39, 0.29) is 18.5 Å². The van der Waals surface area contributed by atoms with Crippen molar-refractivity contribution in [3.8, 4) is 11.1 Å². The van der Waals surface area contributed by atoms with Crippen LogP contribution in [0.5, 0.6) is 0 Å². The molecule has 0 bridgehead atoms. The molecule has 3 atom stereocenters. The summed E-state index contributed by atoms with van der Waals surface area (Å²) in [6.07, 6.45) is 0.678. The van der Waals surface area contributed by atoms with Crippen molar-refractivity contribution in [3.63, 3.8) is 0 Å². The van der Waals surface area contributed by atoms with Crippen molar-refractivity contribution in [2.75, 3.05) is 25.5 Å². The number of aryl methyl sites for hydroxylation is 1. The van der Waals surface area contributed by atoms with Crippen LogP contribution in [0.15, 0.2) is 59.1 Å². The highest BCUT2D eigenvalue weighted by atomic mass is 16.5. The van der Waals surface area contributed by atoms with Gasteiger partial charge in [0.15, 0.2) is 24.1 Å². The topological polar surface area (TPSA) is 102 Å². The summed E-state index contributed by atoms with van der Waals surface area (Å²) in [5, 5.41) is 19.0. The zero-order valence-corrected chi connectivity index (χ0v) is 19.2. The Hall–Kier alpha value is -3.49. The maximum Gasteiger partial charge on any atom is 0.293 e. The number of rotatable bonds is 7.